The average Bonchev–Trinajstić information content (AvgIpc) is 4.06. The van der Waals surface area contributed by atoms with Gasteiger partial charge in [0.05, 0.1) is 35.9 Å². The molecule has 20 heteroatoms. The Labute approximate surface area is 339 Å². The Morgan fingerprint density at radius 1 is 1.02 bits per heavy atom. The average molecular weight is 855 g/mol. The summed E-state index contributed by atoms with van der Waals surface area (Å²) < 4.78 is 105. The number of ether oxygens (including phenoxy) is 3. The van der Waals surface area contributed by atoms with E-state index in [1.165, 1.54) is 19.2 Å². The van der Waals surface area contributed by atoms with Crippen molar-refractivity contribution >= 4 is 44.9 Å². The standard InChI is InChI=1S/C39H50F4N6O9S/c1-37(2,3)30-34(51)49-19-22(17-27(49)32(50)47-38(18-24(38)31(40)41)35(52)48-59(54,55)23-12-13-23)57-33-29(44-25-14-11-21(56-4)16-26(25)45-33)39(42,43)15-6-5-8-20-9-7-10-28(20)58-36(53)46-30/h11,14,16,20,22-24,27-28,30-31H,5-10,12-13,15,17-19H2,1-4H3,(H,46,53)(H,47,50)(H,48,52)/t20-,22-,24+,27+,28-,30-,38-/m1/s1. The van der Waals surface area contributed by atoms with Gasteiger partial charge >= 0.3 is 6.09 Å². The molecule has 4 fully saturated rings. The number of benzene rings is 1. The molecule has 2 bridgehead atoms. The molecule has 0 spiro atoms. The zero-order valence-electron chi connectivity index (χ0n) is 33.3. The second-order valence-electron chi connectivity index (χ2n) is 17.5. The Hall–Kier alpha value is -4.49. The van der Waals surface area contributed by atoms with Gasteiger partial charge in [-0.25, -0.2) is 32.0 Å². The summed E-state index contributed by atoms with van der Waals surface area (Å²) in [6.07, 6.45) is -3.74. The van der Waals surface area contributed by atoms with E-state index in [0.717, 1.165) is 17.7 Å². The van der Waals surface area contributed by atoms with Crippen molar-refractivity contribution in [3.8, 4) is 11.6 Å². The number of nitrogens with zero attached hydrogens (tertiary/aromatic N) is 3. The quantitative estimate of drug-likeness (QED) is 0.327. The van der Waals surface area contributed by atoms with Crippen molar-refractivity contribution in [1.29, 1.82) is 0 Å². The molecule has 3 N–H and O–H groups in total. The smallest absolute Gasteiger partial charge is 0.408 e. The summed E-state index contributed by atoms with van der Waals surface area (Å²) in [4.78, 5) is 65.6. The molecular formula is C39H50F4N6O9S. The molecule has 7 rings (SSSR count). The fraction of sp³-hybridized carbons (Fsp3) is 0.692. The lowest BCUT2D eigenvalue weighted by molar-refractivity contribution is -0.143. The van der Waals surface area contributed by atoms with Crippen molar-refractivity contribution in [2.24, 2.45) is 17.3 Å². The Kier molecular flexibility index (Phi) is 11.4. The van der Waals surface area contributed by atoms with Gasteiger partial charge in [0.15, 0.2) is 5.69 Å². The molecule has 59 heavy (non-hydrogen) atoms. The van der Waals surface area contributed by atoms with E-state index in [2.05, 4.69) is 20.6 Å². The molecule has 2 aromatic rings. The van der Waals surface area contributed by atoms with Crippen LogP contribution in [0.15, 0.2) is 18.2 Å². The molecule has 0 radical (unpaired) electrons. The minimum Gasteiger partial charge on any atom is -0.497 e. The summed E-state index contributed by atoms with van der Waals surface area (Å²) in [5.74, 6) is -8.81. The molecule has 3 heterocycles. The number of hydrogen-bond acceptors (Lipinski definition) is 11. The number of alkyl halides is 4. The second-order valence-corrected chi connectivity index (χ2v) is 19.5. The predicted octanol–water partition coefficient (Wildman–Crippen LogP) is 4.71. The molecule has 7 atom stereocenters. The molecule has 0 unspecified atom stereocenters. The Morgan fingerprint density at radius 3 is 2.41 bits per heavy atom. The molecule has 1 saturated heterocycles. The van der Waals surface area contributed by atoms with Crippen LogP contribution in [0.2, 0.25) is 0 Å². The van der Waals surface area contributed by atoms with Crippen molar-refractivity contribution in [2.45, 2.75) is 139 Å². The zero-order valence-corrected chi connectivity index (χ0v) is 34.1. The first kappa shape index (κ1) is 42.6. The zero-order chi connectivity index (χ0) is 42.7. The van der Waals surface area contributed by atoms with Crippen molar-refractivity contribution < 1.29 is 59.4 Å². The number of sulfonamides is 1. The van der Waals surface area contributed by atoms with Gasteiger partial charge in [-0.2, -0.15) is 8.78 Å². The van der Waals surface area contributed by atoms with Crippen LogP contribution < -0.4 is 24.8 Å². The first-order valence-corrected chi connectivity index (χ1v) is 21.6. The highest BCUT2D eigenvalue weighted by molar-refractivity contribution is 7.91. The fourth-order valence-electron chi connectivity index (χ4n) is 8.50. The third-order valence-corrected chi connectivity index (χ3v) is 13.9. The number of aromatic nitrogens is 2. The molecule has 324 valence electrons. The van der Waals surface area contributed by atoms with Gasteiger partial charge in [0.25, 0.3) is 11.8 Å². The van der Waals surface area contributed by atoms with Gasteiger partial charge < -0.3 is 29.7 Å². The highest BCUT2D eigenvalue weighted by Gasteiger charge is 2.67. The highest BCUT2D eigenvalue weighted by atomic mass is 32.2. The van der Waals surface area contributed by atoms with E-state index >= 15 is 8.78 Å². The highest BCUT2D eigenvalue weighted by Crippen LogP contribution is 2.49. The van der Waals surface area contributed by atoms with Crippen LogP contribution in [0.4, 0.5) is 22.4 Å². The number of carbonyl (C=O) groups is 4. The molecule has 5 aliphatic rings. The van der Waals surface area contributed by atoms with Crippen LogP contribution >= 0.6 is 0 Å². The lowest BCUT2D eigenvalue weighted by Gasteiger charge is -2.35. The van der Waals surface area contributed by atoms with Crippen LogP contribution in [0.1, 0.15) is 97.1 Å². The monoisotopic (exact) mass is 854 g/mol. The van der Waals surface area contributed by atoms with Crippen LogP contribution in [0.3, 0.4) is 0 Å². The Balaban J connectivity index is 1.27. The van der Waals surface area contributed by atoms with E-state index in [1.807, 2.05) is 4.72 Å². The third kappa shape index (κ3) is 8.87. The van der Waals surface area contributed by atoms with E-state index in [-0.39, 0.29) is 36.2 Å². The molecule has 2 aliphatic heterocycles. The molecule has 1 aromatic heterocycles. The lowest BCUT2D eigenvalue weighted by Crippen LogP contribution is -2.60. The van der Waals surface area contributed by atoms with Crippen LogP contribution in [-0.4, -0.2) is 102 Å². The summed E-state index contributed by atoms with van der Waals surface area (Å²) in [6, 6.07) is 1.61. The number of nitrogens with one attached hydrogen (secondary N) is 3. The van der Waals surface area contributed by atoms with Gasteiger partial charge in [-0.3, -0.25) is 19.1 Å². The topological polar surface area (TPSA) is 195 Å². The van der Waals surface area contributed by atoms with Crippen LogP contribution in [0.25, 0.3) is 11.0 Å². The number of hydrogen-bond donors (Lipinski definition) is 3. The summed E-state index contributed by atoms with van der Waals surface area (Å²) in [5.41, 5.74) is -3.79. The van der Waals surface area contributed by atoms with Gasteiger partial charge in [-0.15, -0.1) is 0 Å². The fourth-order valence-corrected chi connectivity index (χ4v) is 9.86. The van der Waals surface area contributed by atoms with E-state index in [0.29, 0.717) is 25.0 Å². The van der Waals surface area contributed by atoms with E-state index in [1.54, 1.807) is 26.8 Å². The maximum Gasteiger partial charge on any atom is 0.408 e. The van der Waals surface area contributed by atoms with Gasteiger partial charge in [-0.05, 0) is 74.8 Å². The minimum atomic E-state index is -4.20. The molecule has 3 saturated carbocycles. The summed E-state index contributed by atoms with van der Waals surface area (Å²) in [6.45, 7) is 4.58. The Bertz CT molecular complexity index is 2100. The minimum absolute atomic E-state index is 0.0953. The van der Waals surface area contributed by atoms with Crippen LogP contribution in [-0.2, 0) is 35.1 Å². The van der Waals surface area contributed by atoms with Gasteiger partial charge in [-0.1, -0.05) is 27.2 Å². The van der Waals surface area contributed by atoms with Gasteiger partial charge in [0.1, 0.15) is 35.6 Å². The van der Waals surface area contributed by atoms with Crippen molar-refractivity contribution in [1.82, 2.24) is 30.2 Å². The van der Waals surface area contributed by atoms with Gasteiger partial charge in [0.2, 0.25) is 34.1 Å². The SMILES string of the molecule is COc1ccc2nc3c(nc2c1)O[C@@H]1C[C@@H](C(=O)N[C@]2(C(=O)NS(=O)(=O)C4CC4)C[C@H]2C(F)F)N(C1)C(=O)[C@H](C(C)(C)C)NC(=O)O[C@@H]1CCC[C@H]1CCCCC3(F)F. The summed E-state index contributed by atoms with van der Waals surface area (Å²) >= 11 is 0. The maximum atomic E-state index is 16.3. The Morgan fingerprint density at radius 2 is 1.75 bits per heavy atom. The largest absolute Gasteiger partial charge is 0.497 e. The normalized spacial score (nSPS) is 30.2. The summed E-state index contributed by atoms with van der Waals surface area (Å²) in [5, 5.41) is 4.15. The molecular weight excluding hydrogens is 805 g/mol. The second kappa shape index (κ2) is 15.8. The van der Waals surface area contributed by atoms with E-state index in [9.17, 15) is 36.4 Å². The van der Waals surface area contributed by atoms with Crippen molar-refractivity contribution in [3.05, 3.63) is 23.9 Å². The number of rotatable bonds is 7. The number of carbonyl (C=O) groups excluding carboxylic acids is 4. The molecule has 15 nitrogen and oxygen atoms in total. The predicted molar refractivity (Wildman–Crippen MR) is 202 cm³/mol. The van der Waals surface area contributed by atoms with Crippen LogP contribution in [0.5, 0.6) is 11.6 Å². The number of alkyl carbamates (subject to hydrolysis) is 1. The number of amides is 4. The van der Waals surface area contributed by atoms with E-state index < -0.39 is 130 Å². The molecule has 4 amide bonds. The maximum absolute atomic E-state index is 16.3. The van der Waals surface area contributed by atoms with Gasteiger partial charge in [0, 0.05) is 18.9 Å². The van der Waals surface area contributed by atoms with Crippen LogP contribution in [0, 0.1) is 17.3 Å². The van der Waals surface area contributed by atoms with Crippen molar-refractivity contribution in [3.63, 3.8) is 0 Å². The first-order chi connectivity index (χ1) is 27.7. The molecule has 3 aliphatic carbocycles. The van der Waals surface area contributed by atoms with Crippen molar-refractivity contribution in [2.75, 3.05) is 13.7 Å². The lowest BCUT2D eigenvalue weighted by atomic mass is 9.85. The number of fused-ring (bicyclic) bond motifs is 5. The van der Waals surface area contributed by atoms with E-state index in [4.69, 9.17) is 14.2 Å². The first-order valence-electron chi connectivity index (χ1n) is 20.1. The number of methoxy groups -OCH3 is 1. The molecule has 1 aromatic carbocycles. The number of halogens is 4. The summed E-state index contributed by atoms with van der Waals surface area (Å²) in [7, 11) is -2.79. The third-order valence-electron chi connectivity index (χ3n) is 12.1.